The fraction of sp³-hybridized carbons (Fsp3) is 0.0833. The molecular formula is C24H22O5. The van der Waals surface area contributed by atoms with Crippen LogP contribution in [0.15, 0.2) is 98.1 Å². The number of rotatable bonds is 6. The van der Waals surface area contributed by atoms with Crippen molar-refractivity contribution in [1.29, 1.82) is 0 Å². The quantitative estimate of drug-likeness (QED) is 0.254. The molecule has 3 aromatic rings. The molecule has 5 nitrogen and oxygen atoms in total. The zero-order valence-corrected chi connectivity index (χ0v) is 16.1. The second-order valence-electron chi connectivity index (χ2n) is 5.74. The first-order valence-electron chi connectivity index (χ1n) is 8.90. The minimum Gasteiger partial charge on any atom is -0.455 e. The number of esters is 2. The van der Waals surface area contributed by atoms with Gasteiger partial charge in [0.05, 0.1) is 0 Å². The molecule has 5 heteroatoms. The van der Waals surface area contributed by atoms with E-state index in [1.54, 1.807) is 25.1 Å². The van der Waals surface area contributed by atoms with Crippen LogP contribution < -0.4 is 9.47 Å². The third-order valence-electron chi connectivity index (χ3n) is 3.62. The minimum atomic E-state index is -0.608. The average Bonchev–Trinajstić information content (AvgIpc) is 2.75. The van der Waals surface area contributed by atoms with Crippen molar-refractivity contribution in [3.05, 3.63) is 98.1 Å². The lowest BCUT2D eigenvalue weighted by atomic mass is 10.1. The van der Waals surface area contributed by atoms with Gasteiger partial charge < -0.3 is 14.2 Å². The molecule has 0 fully saturated rings. The fourth-order valence-corrected chi connectivity index (χ4v) is 2.36. The van der Waals surface area contributed by atoms with Crippen LogP contribution in [0.2, 0.25) is 0 Å². The van der Waals surface area contributed by atoms with Gasteiger partial charge in [-0.05, 0) is 23.6 Å². The Morgan fingerprint density at radius 1 is 0.828 bits per heavy atom. The lowest BCUT2D eigenvalue weighted by Gasteiger charge is -2.13. The number of fused-ring (bicyclic) bond motifs is 1. The molecule has 0 saturated heterocycles. The summed E-state index contributed by atoms with van der Waals surface area (Å²) in [6, 6.07) is 22.5. The van der Waals surface area contributed by atoms with Gasteiger partial charge in [-0.3, -0.25) is 0 Å². The van der Waals surface area contributed by atoms with E-state index in [9.17, 15) is 9.59 Å². The molecule has 0 bridgehead atoms. The third-order valence-corrected chi connectivity index (χ3v) is 3.62. The first-order valence-corrected chi connectivity index (χ1v) is 8.90. The molecule has 0 aliphatic heterocycles. The van der Waals surface area contributed by atoms with Gasteiger partial charge in [-0.25, -0.2) is 9.59 Å². The normalized spacial score (nSPS) is 10.7. The van der Waals surface area contributed by atoms with Gasteiger partial charge in [-0.15, -0.1) is 0 Å². The van der Waals surface area contributed by atoms with Crippen LogP contribution in [0.25, 0.3) is 10.8 Å². The maximum absolute atomic E-state index is 11.1. The average molecular weight is 390 g/mol. The van der Waals surface area contributed by atoms with E-state index in [0.29, 0.717) is 11.5 Å². The molecule has 0 aliphatic rings. The number of para-hydroxylation sites is 1. The van der Waals surface area contributed by atoms with E-state index in [1.165, 1.54) is 0 Å². The van der Waals surface area contributed by atoms with E-state index < -0.39 is 18.2 Å². The van der Waals surface area contributed by atoms with Crippen molar-refractivity contribution in [3.8, 4) is 11.5 Å². The Hall–Kier alpha value is -3.86. The van der Waals surface area contributed by atoms with Crippen molar-refractivity contribution in [1.82, 2.24) is 0 Å². The van der Waals surface area contributed by atoms with Gasteiger partial charge in [0.1, 0.15) is 11.5 Å². The number of hydrogen-bond acceptors (Lipinski definition) is 5. The van der Waals surface area contributed by atoms with Crippen molar-refractivity contribution < 1.29 is 23.8 Å². The Bertz CT molecular complexity index is 973. The van der Waals surface area contributed by atoms with Crippen LogP contribution in [-0.2, 0) is 14.3 Å². The lowest BCUT2D eigenvalue weighted by Crippen LogP contribution is -2.19. The summed E-state index contributed by atoms with van der Waals surface area (Å²) >= 11 is 0. The molecule has 0 radical (unpaired) electrons. The topological polar surface area (TPSA) is 61.8 Å². The highest BCUT2D eigenvalue weighted by Gasteiger charge is 2.07. The van der Waals surface area contributed by atoms with Gasteiger partial charge in [-0.1, -0.05) is 67.8 Å². The van der Waals surface area contributed by atoms with Crippen molar-refractivity contribution >= 4 is 22.7 Å². The molecular weight excluding hydrogens is 368 g/mol. The summed E-state index contributed by atoms with van der Waals surface area (Å²) in [7, 11) is 0. The number of hydrogen-bond donors (Lipinski definition) is 0. The minimum absolute atomic E-state index is 0.439. The maximum atomic E-state index is 11.1. The number of ether oxygens (including phenoxy) is 3. The number of carbonyl (C=O) groups is 2. The van der Waals surface area contributed by atoms with Gasteiger partial charge in [0, 0.05) is 24.5 Å². The Morgan fingerprint density at radius 2 is 1.45 bits per heavy atom. The Morgan fingerprint density at radius 3 is 2.14 bits per heavy atom. The fourth-order valence-electron chi connectivity index (χ4n) is 2.36. The highest BCUT2D eigenvalue weighted by Crippen LogP contribution is 2.25. The third kappa shape index (κ3) is 6.99. The van der Waals surface area contributed by atoms with Crippen molar-refractivity contribution in [3.63, 3.8) is 0 Å². The molecule has 3 aromatic carbocycles. The molecule has 1 unspecified atom stereocenters. The van der Waals surface area contributed by atoms with Crippen molar-refractivity contribution in [2.45, 2.75) is 13.2 Å². The largest absolute Gasteiger partial charge is 0.455 e. The summed E-state index contributed by atoms with van der Waals surface area (Å²) in [4.78, 5) is 21.9. The molecule has 0 aliphatic carbocycles. The van der Waals surface area contributed by atoms with Crippen LogP contribution >= 0.6 is 0 Å². The lowest BCUT2D eigenvalue weighted by molar-refractivity contribution is -0.154. The summed E-state index contributed by atoms with van der Waals surface area (Å²) in [5.74, 6) is 0.301. The Labute approximate surface area is 169 Å². The summed E-state index contributed by atoms with van der Waals surface area (Å²) in [6.45, 7) is 8.30. The molecule has 0 heterocycles. The highest BCUT2D eigenvalue weighted by atomic mass is 16.7. The summed E-state index contributed by atoms with van der Waals surface area (Å²) in [6.07, 6.45) is 1.65. The zero-order valence-electron chi connectivity index (χ0n) is 16.1. The standard InChI is InChI=1S/C13H10O2.C11H12O3/c1-2-13(14)15-12-9-5-7-10-6-3-4-8-11(10)12;1-3-11(12)14-9(2)13-10-7-5-4-6-8-10/h2-9H,1H2;3-9H,1H2,2H3. The highest BCUT2D eigenvalue weighted by molar-refractivity contribution is 5.92. The smallest absolute Gasteiger partial charge is 0.335 e. The maximum Gasteiger partial charge on any atom is 0.335 e. The van der Waals surface area contributed by atoms with Gasteiger partial charge in [0.2, 0.25) is 6.29 Å². The van der Waals surface area contributed by atoms with Crippen LogP contribution in [0.5, 0.6) is 11.5 Å². The number of benzene rings is 3. The SMILES string of the molecule is C=CC(=O)OC(C)Oc1ccccc1.C=CC(=O)Oc1cccc2ccccc12. The van der Waals surface area contributed by atoms with Gasteiger partial charge >= 0.3 is 11.9 Å². The second-order valence-corrected chi connectivity index (χ2v) is 5.74. The summed E-state index contributed by atoms with van der Waals surface area (Å²) < 4.78 is 15.2. The molecule has 0 spiro atoms. The summed E-state index contributed by atoms with van der Waals surface area (Å²) in [5.41, 5.74) is 0. The van der Waals surface area contributed by atoms with Crippen LogP contribution in [0.1, 0.15) is 6.92 Å². The van der Waals surface area contributed by atoms with Gasteiger partial charge in [-0.2, -0.15) is 0 Å². The molecule has 0 N–H and O–H groups in total. The van der Waals surface area contributed by atoms with Crippen LogP contribution in [0.4, 0.5) is 0 Å². The first-order chi connectivity index (χ1) is 14.0. The predicted octanol–water partition coefficient (Wildman–Crippen LogP) is 5.07. The monoisotopic (exact) mass is 390 g/mol. The molecule has 0 aromatic heterocycles. The van der Waals surface area contributed by atoms with E-state index in [-0.39, 0.29) is 0 Å². The Balaban J connectivity index is 0.000000208. The Kier molecular flexibility index (Phi) is 8.20. The van der Waals surface area contributed by atoms with Crippen molar-refractivity contribution in [2.75, 3.05) is 0 Å². The van der Waals surface area contributed by atoms with Crippen LogP contribution in [0.3, 0.4) is 0 Å². The molecule has 0 saturated carbocycles. The molecule has 3 rings (SSSR count). The first kappa shape index (κ1) is 21.4. The zero-order chi connectivity index (χ0) is 21.1. The van der Waals surface area contributed by atoms with Crippen LogP contribution in [0, 0.1) is 0 Å². The molecule has 148 valence electrons. The number of carbonyl (C=O) groups excluding carboxylic acids is 2. The van der Waals surface area contributed by atoms with E-state index in [1.807, 2.05) is 54.6 Å². The van der Waals surface area contributed by atoms with E-state index >= 15 is 0 Å². The molecule has 1 atom stereocenters. The van der Waals surface area contributed by atoms with E-state index in [2.05, 4.69) is 13.2 Å². The molecule has 29 heavy (non-hydrogen) atoms. The van der Waals surface area contributed by atoms with Gasteiger partial charge in [0.15, 0.2) is 0 Å². The van der Waals surface area contributed by atoms with Gasteiger partial charge in [0.25, 0.3) is 0 Å². The second kappa shape index (κ2) is 11.1. The van der Waals surface area contributed by atoms with Crippen molar-refractivity contribution in [2.24, 2.45) is 0 Å². The summed E-state index contributed by atoms with van der Waals surface area (Å²) in [5, 5.41) is 1.97. The van der Waals surface area contributed by atoms with E-state index in [4.69, 9.17) is 14.2 Å². The predicted molar refractivity (Wildman–Crippen MR) is 113 cm³/mol. The van der Waals surface area contributed by atoms with Crippen LogP contribution in [-0.4, -0.2) is 18.2 Å². The van der Waals surface area contributed by atoms with E-state index in [0.717, 1.165) is 22.9 Å². The molecule has 0 amide bonds.